The van der Waals surface area contributed by atoms with Crippen LogP contribution in [0.3, 0.4) is 0 Å². The van der Waals surface area contributed by atoms with Gasteiger partial charge in [-0.1, -0.05) is 0 Å². The molecule has 0 radical (unpaired) electrons. The summed E-state index contributed by atoms with van der Waals surface area (Å²) < 4.78 is 0. The molecule has 2 aliphatic rings. The molecule has 0 spiro atoms. The lowest BCUT2D eigenvalue weighted by Gasteiger charge is -2.33. The van der Waals surface area contributed by atoms with Crippen LogP contribution in [0.25, 0.3) is 0 Å². The lowest BCUT2D eigenvalue weighted by molar-refractivity contribution is 0.0925. The van der Waals surface area contributed by atoms with E-state index in [2.05, 4.69) is 25.5 Å². The van der Waals surface area contributed by atoms with Gasteiger partial charge < -0.3 is 16.0 Å². The van der Waals surface area contributed by atoms with Crippen molar-refractivity contribution in [1.29, 1.82) is 0 Å². The van der Waals surface area contributed by atoms with E-state index < -0.39 is 0 Å². The summed E-state index contributed by atoms with van der Waals surface area (Å²) in [7, 11) is 0. The summed E-state index contributed by atoms with van der Waals surface area (Å²) in [6.45, 7) is 1.42. The van der Waals surface area contributed by atoms with Crippen LogP contribution in [0.4, 0.5) is 11.8 Å². The fraction of sp³-hybridized carbons (Fsp3) is 0.529. The molecule has 9 heteroatoms. The van der Waals surface area contributed by atoms with Crippen LogP contribution in [0, 0.1) is 0 Å². The standard InChI is InChI=1S/C17H23N7O2/c18-17-20-13(9-14(25)21-17)24-7-5-10(6-8-24)19-16(26)15-11-3-1-2-4-12(11)22-23-15/h9-10H,1-8H2,(H,19,26)(H,22,23)(H3,18,20,21,25). The minimum Gasteiger partial charge on any atom is -0.369 e. The first kappa shape index (κ1) is 16.6. The summed E-state index contributed by atoms with van der Waals surface area (Å²) in [4.78, 5) is 32.8. The largest absolute Gasteiger partial charge is 0.369 e. The SMILES string of the molecule is Nc1nc(N2CCC(NC(=O)c3n[nH]c4c3CCCC4)CC2)cc(=O)[nH]1. The number of amides is 1. The van der Waals surface area contributed by atoms with Crippen molar-refractivity contribution in [2.45, 2.75) is 44.6 Å². The number of carbonyl (C=O) groups is 1. The van der Waals surface area contributed by atoms with Crippen molar-refractivity contribution < 1.29 is 4.79 Å². The van der Waals surface area contributed by atoms with Gasteiger partial charge in [-0.25, -0.2) is 0 Å². The molecule has 2 aromatic heterocycles. The Hall–Kier alpha value is -2.84. The van der Waals surface area contributed by atoms with E-state index >= 15 is 0 Å². The molecule has 0 bridgehead atoms. The number of nitrogens with one attached hydrogen (secondary N) is 3. The number of hydrogen-bond donors (Lipinski definition) is 4. The van der Waals surface area contributed by atoms with E-state index in [4.69, 9.17) is 5.73 Å². The third-order valence-electron chi connectivity index (χ3n) is 5.17. The highest BCUT2D eigenvalue weighted by Crippen LogP contribution is 2.23. The van der Waals surface area contributed by atoms with Gasteiger partial charge in [0.15, 0.2) is 5.69 Å². The van der Waals surface area contributed by atoms with Crippen molar-refractivity contribution in [3.8, 4) is 0 Å². The number of carbonyl (C=O) groups excluding carboxylic acids is 1. The van der Waals surface area contributed by atoms with Gasteiger partial charge in [-0.3, -0.25) is 19.7 Å². The first-order valence-electron chi connectivity index (χ1n) is 9.09. The highest BCUT2D eigenvalue weighted by atomic mass is 16.2. The molecule has 1 aliphatic carbocycles. The maximum absolute atomic E-state index is 12.6. The average Bonchev–Trinajstić information content (AvgIpc) is 3.06. The maximum Gasteiger partial charge on any atom is 0.272 e. The van der Waals surface area contributed by atoms with E-state index in [9.17, 15) is 9.59 Å². The van der Waals surface area contributed by atoms with Gasteiger partial charge in [0.1, 0.15) is 5.82 Å². The highest BCUT2D eigenvalue weighted by Gasteiger charge is 2.26. The molecule has 138 valence electrons. The quantitative estimate of drug-likeness (QED) is 0.627. The number of nitrogens with zero attached hydrogens (tertiary/aromatic N) is 3. The van der Waals surface area contributed by atoms with Gasteiger partial charge in [0.05, 0.1) is 0 Å². The Bertz CT molecular complexity index is 864. The Morgan fingerprint density at radius 3 is 2.81 bits per heavy atom. The molecule has 1 fully saturated rings. The Balaban J connectivity index is 1.37. The third kappa shape index (κ3) is 3.29. The highest BCUT2D eigenvalue weighted by molar-refractivity contribution is 5.94. The number of aromatic nitrogens is 4. The lowest BCUT2D eigenvalue weighted by Crippen LogP contribution is -2.45. The molecular formula is C17H23N7O2. The molecule has 0 aromatic carbocycles. The van der Waals surface area contributed by atoms with Crippen LogP contribution in [0.2, 0.25) is 0 Å². The van der Waals surface area contributed by atoms with Gasteiger partial charge in [0, 0.05) is 36.5 Å². The fourth-order valence-corrected chi connectivity index (χ4v) is 3.80. The predicted molar refractivity (Wildman–Crippen MR) is 97.2 cm³/mol. The van der Waals surface area contributed by atoms with Crippen LogP contribution in [0.15, 0.2) is 10.9 Å². The summed E-state index contributed by atoms with van der Waals surface area (Å²) in [5.41, 5.74) is 8.08. The Morgan fingerprint density at radius 2 is 2.04 bits per heavy atom. The molecule has 0 unspecified atom stereocenters. The van der Waals surface area contributed by atoms with Crippen molar-refractivity contribution in [2.75, 3.05) is 23.7 Å². The lowest BCUT2D eigenvalue weighted by atomic mass is 9.95. The monoisotopic (exact) mass is 357 g/mol. The van der Waals surface area contributed by atoms with Gasteiger partial charge in [-0.15, -0.1) is 0 Å². The number of piperidine rings is 1. The minimum absolute atomic E-state index is 0.0917. The van der Waals surface area contributed by atoms with Crippen LogP contribution < -0.4 is 21.5 Å². The van der Waals surface area contributed by atoms with Crippen LogP contribution in [0.5, 0.6) is 0 Å². The summed E-state index contributed by atoms with van der Waals surface area (Å²) in [5, 5.41) is 10.4. The molecule has 0 atom stereocenters. The molecule has 4 rings (SSSR count). The topological polar surface area (TPSA) is 133 Å². The molecule has 1 amide bonds. The number of anilines is 2. The van der Waals surface area contributed by atoms with Gasteiger partial charge >= 0.3 is 0 Å². The molecule has 26 heavy (non-hydrogen) atoms. The van der Waals surface area contributed by atoms with Crippen molar-refractivity contribution >= 4 is 17.7 Å². The smallest absolute Gasteiger partial charge is 0.272 e. The van der Waals surface area contributed by atoms with Gasteiger partial charge in [-0.2, -0.15) is 10.1 Å². The van der Waals surface area contributed by atoms with Crippen LogP contribution in [-0.2, 0) is 12.8 Å². The summed E-state index contributed by atoms with van der Waals surface area (Å²) in [6.07, 6.45) is 5.72. The normalized spacial score (nSPS) is 17.8. The molecule has 1 saturated heterocycles. The second-order valence-corrected chi connectivity index (χ2v) is 6.96. The van der Waals surface area contributed by atoms with Crippen molar-refractivity contribution in [3.63, 3.8) is 0 Å². The summed E-state index contributed by atoms with van der Waals surface area (Å²) in [6, 6.07) is 1.54. The van der Waals surface area contributed by atoms with E-state index in [0.29, 0.717) is 24.6 Å². The third-order valence-corrected chi connectivity index (χ3v) is 5.17. The second kappa shape index (κ2) is 6.81. The van der Waals surface area contributed by atoms with Gasteiger partial charge in [0.2, 0.25) is 5.95 Å². The van der Waals surface area contributed by atoms with Gasteiger partial charge in [0.25, 0.3) is 11.5 Å². The number of aromatic amines is 2. The number of nitrogens with two attached hydrogens (primary N) is 1. The number of aryl methyl sites for hydroxylation is 1. The van der Waals surface area contributed by atoms with E-state index in [1.54, 1.807) is 0 Å². The zero-order valence-corrected chi connectivity index (χ0v) is 14.5. The minimum atomic E-state index is -0.258. The van der Waals surface area contributed by atoms with Crippen molar-refractivity contribution in [3.05, 3.63) is 33.4 Å². The number of hydrogen-bond acceptors (Lipinski definition) is 6. The Kier molecular flexibility index (Phi) is 4.36. The Labute approximate surface area is 150 Å². The molecule has 2 aromatic rings. The average molecular weight is 357 g/mol. The van der Waals surface area contributed by atoms with E-state index in [1.165, 1.54) is 6.07 Å². The van der Waals surface area contributed by atoms with E-state index in [1.807, 2.05) is 4.90 Å². The zero-order chi connectivity index (χ0) is 18.1. The van der Waals surface area contributed by atoms with Crippen LogP contribution >= 0.6 is 0 Å². The number of H-pyrrole nitrogens is 2. The molecule has 5 N–H and O–H groups in total. The number of fused-ring (bicyclic) bond motifs is 1. The molecular weight excluding hydrogens is 334 g/mol. The van der Waals surface area contributed by atoms with E-state index in [-0.39, 0.29) is 23.5 Å². The molecule has 0 saturated carbocycles. The molecule has 3 heterocycles. The van der Waals surface area contributed by atoms with E-state index in [0.717, 1.165) is 49.8 Å². The zero-order valence-electron chi connectivity index (χ0n) is 14.5. The van der Waals surface area contributed by atoms with Crippen LogP contribution in [-0.4, -0.2) is 45.2 Å². The summed E-state index contributed by atoms with van der Waals surface area (Å²) >= 11 is 0. The first-order valence-corrected chi connectivity index (χ1v) is 9.09. The van der Waals surface area contributed by atoms with Gasteiger partial charge in [-0.05, 0) is 38.5 Å². The maximum atomic E-state index is 12.6. The second-order valence-electron chi connectivity index (χ2n) is 6.96. The van der Waals surface area contributed by atoms with Crippen LogP contribution in [0.1, 0.15) is 47.4 Å². The Morgan fingerprint density at radius 1 is 1.27 bits per heavy atom. The fourth-order valence-electron chi connectivity index (χ4n) is 3.80. The molecule has 1 aliphatic heterocycles. The van der Waals surface area contributed by atoms with Crippen molar-refractivity contribution in [2.24, 2.45) is 0 Å². The number of nitrogen functional groups attached to an aromatic ring is 1. The predicted octanol–water partition coefficient (Wildman–Crippen LogP) is 0.353. The summed E-state index contributed by atoms with van der Waals surface area (Å²) in [5.74, 6) is 0.602. The molecule has 9 nitrogen and oxygen atoms in total. The number of rotatable bonds is 3. The van der Waals surface area contributed by atoms with Crippen molar-refractivity contribution in [1.82, 2.24) is 25.5 Å². The first-order chi connectivity index (χ1) is 12.6.